The van der Waals surface area contributed by atoms with Crippen molar-refractivity contribution in [1.82, 2.24) is 0 Å². The summed E-state index contributed by atoms with van der Waals surface area (Å²) in [6, 6.07) is 0. The molecular weight excluding hydrogens is 199 g/mol. The summed E-state index contributed by atoms with van der Waals surface area (Å²) in [5.74, 6) is 1.62. The summed E-state index contributed by atoms with van der Waals surface area (Å²) in [4.78, 5) is 0. The van der Waals surface area contributed by atoms with E-state index in [1.807, 2.05) is 0 Å². The smallest absolute Gasteiger partial charge is 0 e. The second-order valence-electron chi connectivity index (χ2n) is 2.82. The molecule has 10 heavy (non-hydrogen) atoms. The fraction of sp³-hybridized carbons (Fsp3) is 0.444. The molecule has 0 saturated heterocycles. The van der Waals surface area contributed by atoms with Gasteiger partial charge in [-0.25, -0.2) is 0 Å². The van der Waals surface area contributed by atoms with E-state index in [2.05, 4.69) is 30.7 Å². The molecule has 52 valence electrons. The van der Waals surface area contributed by atoms with Crippen LogP contribution in [0.4, 0.5) is 0 Å². The van der Waals surface area contributed by atoms with Gasteiger partial charge < -0.3 is 6.42 Å². The van der Waals surface area contributed by atoms with Crippen LogP contribution < -0.4 is 0 Å². The molecule has 2 unspecified atom stereocenters. The van der Waals surface area contributed by atoms with Gasteiger partial charge >= 0.3 is 0 Å². The van der Waals surface area contributed by atoms with Gasteiger partial charge in [-0.15, -0.1) is 12.0 Å². The molecule has 0 amide bonds. The molecule has 0 aliphatic heterocycles. The largest absolute Gasteiger partial charge is 0.321 e. The van der Waals surface area contributed by atoms with Crippen LogP contribution in [0.25, 0.3) is 0 Å². The maximum atomic E-state index is 2.42. The monoisotopic (exact) mass is 209 g/mol. The van der Waals surface area contributed by atoms with Crippen LogP contribution >= 0.6 is 0 Å². The Morgan fingerprint density at radius 1 is 1.20 bits per heavy atom. The molecule has 0 radical (unpaired) electrons. The number of allylic oxidation sites excluding steroid dienone is 4. The third kappa shape index (κ3) is 1.50. The van der Waals surface area contributed by atoms with Gasteiger partial charge in [-0.05, 0) is 5.92 Å². The Hall–Kier alpha value is 0.363. The molecule has 2 rings (SSSR count). The van der Waals surface area contributed by atoms with Gasteiger partial charge in [-0.1, -0.05) is 24.6 Å². The van der Waals surface area contributed by atoms with Crippen LogP contribution in [0.15, 0.2) is 24.3 Å². The molecule has 2 atom stereocenters. The quantitative estimate of drug-likeness (QED) is 0.538. The van der Waals surface area contributed by atoms with Crippen molar-refractivity contribution in [3.8, 4) is 0 Å². The molecule has 1 fully saturated rings. The van der Waals surface area contributed by atoms with Crippen LogP contribution in [-0.4, -0.2) is 0 Å². The topological polar surface area (TPSA) is 0 Å². The van der Waals surface area contributed by atoms with Crippen molar-refractivity contribution in [1.29, 1.82) is 0 Å². The summed E-state index contributed by atoms with van der Waals surface area (Å²) < 4.78 is 0. The van der Waals surface area contributed by atoms with Crippen LogP contribution in [-0.2, 0) is 26.2 Å². The Morgan fingerprint density at radius 3 is 2.80 bits per heavy atom. The van der Waals surface area contributed by atoms with E-state index in [1.165, 1.54) is 12.8 Å². The number of rotatable bonds is 0. The van der Waals surface area contributed by atoms with E-state index in [1.54, 1.807) is 0 Å². The Balaban J connectivity index is 0.000000500. The van der Waals surface area contributed by atoms with E-state index in [0.717, 1.165) is 11.8 Å². The minimum atomic E-state index is 0. The number of hydrogen-bond donors (Lipinski definition) is 0. The zero-order valence-electron chi connectivity index (χ0n) is 5.96. The molecule has 0 heterocycles. The third-order valence-electron chi connectivity index (χ3n) is 2.24. The molecule has 1 saturated carbocycles. The zero-order valence-corrected chi connectivity index (χ0v) is 8.41. The van der Waals surface area contributed by atoms with Crippen LogP contribution in [0.5, 0.6) is 0 Å². The maximum absolute atomic E-state index is 2.42. The Labute approximate surface area is 81.5 Å². The number of hydrogen-bond acceptors (Lipinski definition) is 0. The van der Waals surface area contributed by atoms with Gasteiger partial charge in [0.05, 0.1) is 0 Å². The summed E-state index contributed by atoms with van der Waals surface area (Å²) in [7, 11) is 0. The second kappa shape index (κ2) is 3.67. The summed E-state index contributed by atoms with van der Waals surface area (Å²) in [6.07, 6.45) is 14.1. The molecule has 0 aromatic rings. The predicted octanol–water partition coefficient (Wildman–Crippen LogP) is 2.34. The number of fused-ring (bicyclic) bond motifs is 1. The van der Waals surface area contributed by atoms with Gasteiger partial charge in [0.15, 0.2) is 0 Å². The minimum Gasteiger partial charge on any atom is -0.321 e. The summed E-state index contributed by atoms with van der Waals surface area (Å²) in [5, 5.41) is 0. The zero-order chi connectivity index (χ0) is 6.10. The summed E-state index contributed by atoms with van der Waals surface area (Å²) >= 11 is 0. The predicted molar refractivity (Wildman–Crippen MR) is 38.8 cm³/mol. The van der Waals surface area contributed by atoms with Crippen LogP contribution in [0.2, 0.25) is 0 Å². The van der Waals surface area contributed by atoms with Crippen molar-refractivity contribution in [2.75, 3.05) is 0 Å². The van der Waals surface area contributed by atoms with Crippen molar-refractivity contribution < 1.29 is 26.2 Å². The first-order chi connectivity index (χ1) is 4.47. The van der Waals surface area contributed by atoms with Crippen LogP contribution in [0.1, 0.15) is 12.8 Å². The maximum Gasteiger partial charge on any atom is 0 e. The fourth-order valence-corrected chi connectivity index (χ4v) is 1.69. The van der Waals surface area contributed by atoms with E-state index in [0.29, 0.717) is 0 Å². The molecule has 0 spiro atoms. The van der Waals surface area contributed by atoms with Gasteiger partial charge in [0.25, 0.3) is 0 Å². The van der Waals surface area contributed by atoms with E-state index in [-0.39, 0.29) is 26.2 Å². The molecule has 0 aromatic heterocycles. The first-order valence-electron chi connectivity index (χ1n) is 3.65. The molecule has 0 aromatic carbocycles. The third-order valence-corrected chi connectivity index (χ3v) is 2.24. The van der Waals surface area contributed by atoms with Crippen molar-refractivity contribution in [3.05, 3.63) is 30.7 Å². The van der Waals surface area contributed by atoms with Crippen LogP contribution in [0, 0.1) is 18.3 Å². The fourth-order valence-electron chi connectivity index (χ4n) is 1.69. The normalized spacial score (nSPS) is 35.2. The van der Waals surface area contributed by atoms with Gasteiger partial charge in [-0.2, -0.15) is 6.42 Å². The molecular formula is C9H11Zr-. The van der Waals surface area contributed by atoms with Crippen molar-refractivity contribution in [2.45, 2.75) is 12.8 Å². The van der Waals surface area contributed by atoms with E-state index < -0.39 is 0 Å². The van der Waals surface area contributed by atoms with Crippen molar-refractivity contribution in [2.24, 2.45) is 11.8 Å². The molecule has 0 bridgehead atoms. The molecule has 2 aliphatic carbocycles. The molecule has 2 aliphatic rings. The van der Waals surface area contributed by atoms with E-state index >= 15 is 0 Å². The van der Waals surface area contributed by atoms with Crippen molar-refractivity contribution in [3.63, 3.8) is 0 Å². The van der Waals surface area contributed by atoms with E-state index in [4.69, 9.17) is 0 Å². The van der Waals surface area contributed by atoms with E-state index in [9.17, 15) is 0 Å². The average Bonchev–Trinajstić information content (AvgIpc) is 2.33. The SMILES string of the molecule is C1=CC2[CH-]CCC2C=C1.[Zr]. The van der Waals surface area contributed by atoms with Gasteiger partial charge in [-0.3, -0.25) is 0 Å². The van der Waals surface area contributed by atoms with Crippen LogP contribution in [0.3, 0.4) is 0 Å². The Bertz CT molecular complexity index is 140. The van der Waals surface area contributed by atoms with Crippen molar-refractivity contribution >= 4 is 0 Å². The standard InChI is InChI=1S/C9H11.Zr/c1-2-5-9-7-3-6-8(9)4-1;/h1-2,4-6,8-9H,3,7H2;/q-1;. The Kier molecular flexibility index (Phi) is 3.10. The first kappa shape index (κ1) is 8.46. The summed E-state index contributed by atoms with van der Waals surface area (Å²) in [5.41, 5.74) is 0. The Morgan fingerprint density at radius 2 is 2.00 bits per heavy atom. The minimum absolute atomic E-state index is 0. The molecule has 0 N–H and O–H groups in total. The van der Waals surface area contributed by atoms with Gasteiger partial charge in [0, 0.05) is 26.2 Å². The summed E-state index contributed by atoms with van der Waals surface area (Å²) in [6.45, 7) is 0. The average molecular weight is 210 g/mol. The molecule has 0 nitrogen and oxygen atoms in total. The molecule has 1 heteroatoms. The van der Waals surface area contributed by atoms with Gasteiger partial charge in [0.2, 0.25) is 0 Å². The first-order valence-corrected chi connectivity index (χ1v) is 3.65. The second-order valence-corrected chi connectivity index (χ2v) is 2.82. The van der Waals surface area contributed by atoms with Gasteiger partial charge in [0.1, 0.15) is 0 Å².